The molecular formula is C15H16F3NO2. The van der Waals surface area contributed by atoms with Gasteiger partial charge in [-0.1, -0.05) is 0 Å². The fraction of sp³-hybridized carbons (Fsp3) is 0.400. The highest BCUT2D eigenvalue weighted by molar-refractivity contribution is 5.87. The van der Waals surface area contributed by atoms with E-state index in [1.807, 2.05) is 20.8 Å². The Hall–Kier alpha value is -1.98. The lowest BCUT2D eigenvalue weighted by Crippen LogP contribution is -2.23. The van der Waals surface area contributed by atoms with Gasteiger partial charge >= 0.3 is 6.18 Å². The van der Waals surface area contributed by atoms with Crippen LogP contribution in [0.4, 0.5) is 13.2 Å². The van der Waals surface area contributed by atoms with E-state index in [0.717, 1.165) is 5.39 Å². The second kappa shape index (κ2) is 5.42. The molecule has 21 heavy (non-hydrogen) atoms. The van der Waals surface area contributed by atoms with Crippen LogP contribution in [0.25, 0.3) is 10.8 Å². The van der Waals surface area contributed by atoms with Gasteiger partial charge in [0.05, 0.1) is 0 Å². The van der Waals surface area contributed by atoms with E-state index < -0.39 is 18.4 Å². The summed E-state index contributed by atoms with van der Waals surface area (Å²) in [5, 5.41) is 1.44. The Kier molecular flexibility index (Phi) is 3.98. The van der Waals surface area contributed by atoms with Gasteiger partial charge in [0.1, 0.15) is 11.4 Å². The van der Waals surface area contributed by atoms with Crippen LogP contribution in [-0.2, 0) is 0 Å². The Morgan fingerprint density at radius 2 is 1.81 bits per heavy atom. The molecule has 0 amide bonds. The molecule has 0 fully saturated rings. The predicted octanol–water partition coefficient (Wildman–Crippen LogP) is 4.35. The van der Waals surface area contributed by atoms with E-state index in [2.05, 4.69) is 4.98 Å². The molecule has 0 aliphatic heterocycles. The number of nitrogens with zero attached hydrogens (tertiary/aromatic N) is 1. The van der Waals surface area contributed by atoms with Crippen molar-refractivity contribution in [1.29, 1.82) is 0 Å². The fourth-order valence-corrected chi connectivity index (χ4v) is 1.75. The van der Waals surface area contributed by atoms with Gasteiger partial charge in [0.15, 0.2) is 6.61 Å². The second-order valence-corrected chi connectivity index (χ2v) is 5.62. The molecule has 2 rings (SSSR count). The lowest BCUT2D eigenvalue weighted by atomic mass is 10.1. The smallest absolute Gasteiger partial charge is 0.422 e. The first-order valence-corrected chi connectivity index (χ1v) is 6.41. The number of rotatable bonds is 3. The van der Waals surface area contributed by atoms with Gasteiger partial charge in [0.25, 0.3) is 0 Å². The number of ether oxygens (including phenoxy) is 2. The van der Waals surface area contributed by atoms with Crippen molar-refractivity contribution in [3.8, 4) is 11.6 Å². The Labute approximate surface area is 120 Å². The molecule has 0 bridgehead atoms. The topological polar surface area (TPSA) is 31.4 Å². The Morgan fingerprint density at radius 1 is 1.10 bits per heavy atom. The predicted molar refractivity (Wildman–Crippen MR) is 73.7 cm³/mol. The molecule has 0 N–H and O–H groups in total. The maximum atomic E-state index is 12.2. The van der Waals surface area contributed by atoms with E-state index in [1.54, 1.807) is 18.3 Å². The van der Waals surface area contributed by atoms with Crippen molar-refractivity contribution in [2.24, 2.45) is 0 Å². The normalized spacial score (nSPS) is 12.5. The van der Waals surface area contributed by atoms with Crippen molar-refractivity contribution in [3.63, 3.8) is 0 Å². The molecule has 2 aromatic rings. The van der Waals surface area contributed by atoms with Gasteiger partial charge in [-0.3, -0.25) is 0 Å². The maximum Gasteiger partial charge on any atom is 0.422 e. The number of alkyl halides is 3. The third-order valence-electron chi connectivity index (χ3n) is 2.50. The first-order valence-electron chi connectivity index (χ1n) is 6.41. The molecular weight excluding hydrogens is 283 g/mol. The van der Waals surface area contributed by atoms with E-state index in [9.17, 15) is 13.2 Å². The Bertz CT molecular complexity index is 633. The quantitative estimate of drug-likeness (QED) is 0.844. The largest absolute Gasteiger partial charge is 0.484 e. The van der Waals surface area contributed by atoms with Crippen LogP contribution in [0.1, 0.15) is 20.8 Å². The van der Waals surface area contributed by atoms with Gasteiger partial charge in [-0.25, -0.2) is 4.98 Å². The maximum absolute atomic E-state index is 12.2. The van der Waals surface area contributed by atoms with E-state index in [4.69, 9.17) is 9.47 Å². The number of halogens is 3. The highest BCUT2D eigenvalue weighted by Crippen LogP contribution is 2.29. The Morgan fingerprint density at radius 3 is 2.43 bits per heavy atom. The van der Waals surface area contributed by atoms with Crippen LogP contribution in [0.3, 0.4) is 0 Å². The van der Waals surface area contributed by atoms with Crippen molar-refractivity contribution >= 4 is 10.8 Å². The van der Waals surface area contributed by atoms with Crippen LogP contribution in [0.15, 0.2) is 30.5 Å². The van der Waals surface area contributed by atoms with E-state index in [-0.39, 0.29) is 5.75 Å². The average molecular weight is 299 g/mol. The van der Waals surface area contributed by atoms with Crippen LogP contribution in [0.2, 0.25) is 0 Å². The van der Waals surface area contributed by atoms with Crippen molar-refractivity contribution in [2.45, 2.75) is 32.5 Å². The molecule has 0 atom stereocenters. The lowest BCUT2D eigenvalue weighted by Gasteiger charge is -2.21. The Balaban J connectivity index is 2.29. The summed E-state index contributed by atoms with van der Waals surface area (Å²) < 4.78 is 46.9. The highest BCUT2D eigenvalue weighted by Gasteiger charge is 2.28. The monoisotopic (exact) mass is 299 g/mol. The first kappa shape index (κ1) is 15.4. The lowest BCUT2D eigenvalue weighted by molar-refractivity contribution is -0.153. The van der Waals surface area contributed by atoms with E-state index >= 15 is 0 Å². The minimum Gasteiger partial charge on any atom is -0.484 e. The number of fused-ring (bicyclic) bond motifs is 1. The first-order chi connectivity index (χ1) is 9.64. The highest BCUT2D eigenvalue weighted by atomic mass is 19.4. The van der Waals surface area contributed by atoms with Crippen molar-refractivity contribution in [3.05, 3.63) is 30.5 Å². The molecule has 0 aliphatic rings. The van der Waals surface area contributed by atoms with Gasteiger partial charge in [-0.05, 0) is 50.4 Å². The number of aromatic nitrogens is 1. The summed E-state index contributed by atoms with van der Waals surface area (Å²) in [6.07, 6.45) is -2.80. The van der Waals surface area contributed by atoms with Gasteiger partial charge in [0, 0.05) is 11.6 Å². The third kappa shape index (κ3) is 4.51. The zero-order valence-corrected chi connectivity index (χ0v) is 12.0. The minimum atomic E-state index is -4.35. The van der Waals surface area contributed by atoms with E-state index in [0.29, 0.717) is 11.3 Å². The summed E-state index contributed by atoms with van der Waals surface area (Å²) >= 11 is 0. The standard InChI is InChI=1S/C15H16F3NO2/c1-14(2,3)21-13-12-5-4-11(20-9-15(16,17)18)8-10(12)6-7-19-13/h4-8H,9H2,1-3H3. The van der Waals surface area contributed by atoms with Crippen LogP contribution >= 0.6 is 0 Å². The summed E-state index contributed by atoms with van der Waals surface area (Å²) in [6.45, 7) is 4.38. The fourth-order valence-electron chi connectivity index (χ4n) is 1.75. The van der Waals surface area contributed by atoms with E-state index in [1.165, 1.54) is 12.1 Å². The minimum absolute atomic E-state index is 0.160. The van der Waals surface area contributed by atoms with Crippen molar-refractivity contribution in [1.82, 2.24) is 4.98 Å². The molecule has 1 aromatic carbocycles. The zero-order valence-electron chi connectivity index (χ0n) is 12.0. The SMILES string of the molecule is CC(C)(C)Oc1nccc2cc(OCC(F)(F)F)ccc12. The zero-order chi connectivity index (χ0) is 15.7. The second-order valence-electron chi connectivity index (χ2n) is 5.62. The summed E-state index contributed by atoms with van der Waals surface area (Å²) in [4.78, 5) is 4.16. The molecule has 6 heteroatoms. The molecule has 1 aromatic heterocycles. The molecule has 0 spiro atoms. The van der Waals surface area contributed by atoms with Gasteiger partial charge < -0.3 is 9.47 Å². The third-order valence-corrected chi connectivity index (χ3v) is 2.50. The molecule has 3 nitrogen and oxygen atoms in total. The summed E-state index contributed by atoms with van der Waals surface area (Å²) in [7, 11) is 0. The molecule has 0 aliphatic carbocycles. The van der Waals surface area contributed by atoms with Gasteiger partial charge in [0.2, 0.25) is 5.88 Å². The van der Waals surface area contributed by atoms with Crippen LogP contribution in [0, 0.1) is 0 Å². The number of hydrogen-bond acceptors (Lipinski definition) is 3. The number of pyridine rings is 1. The average Bonchev–Trinajstić information content (AvgIpc) is 2.34. The van der Waals surface area contributed by atoms with Gasteiger partial charge in [-0.15, -0.1) is 0 Å². The summed E-state index contributed by atoms with van der Waals surface area (Å²) in [6, 6.07) is 6.37. The summed E-state index contributed by atoms with van der Waals surface area (Å²) in [5.41, 5.74) is -0.410. The summed E-state index contributed by atoms with van der Waals surface area (Å²) in [5.74, 6) is 0.607. The van der Waals surface area contributed by atoms with Crippen LogP contribution in [0.5, 0.6) is 11.6 Å². The van der Waals surface area contributed by atoms with Gasteiger partial charge in [-0.2, -0.15) is 13.2 Å². The molecule has 0 saturated heterocycles. The molecule has 114 valence electrons. The number of benzene rings is 1. The van der Waals surface area contributed by atoms with Crippen molar-refractivity contribution in [2.75, 3.05) is 6.61 Å². The molecule has 0 unspecified atom stereocenters. The molecule has 0 radical (unpaired) electrons. The van der Waals surface area contributed by atoms with Crippen LogP contribution in [-0.4, -0.2) is 23.4 Å². The molecule has 1 heterocycles. The molecule has 0 saturated carbocycles. The van der Waals surface area contributed by atoms with Crippen LogP contribution < -0.4 is 9.47 Å². The van der Waals surface area contributed by atoms with Crippen molar-refractivity contribution < 1.29 is 22.6 Å². The number of hydrogen-bond donors (Lipinski definition) is 0.